The lowest BCUT2D eigenvalue weighted by atomic mass is 10.0. The first-order valence-corrected chi connectivity index (χ1v) is 6.39. The van der Waals surface area contributed by atoms with E-state index in [2.05, 4.69) is 4.98 Å². The van der Waals surface area contributed by atoms with Crippen molar-refractivity contribution in [2.75, 3.05) is 14.2 Å². The molecule has 4 nitrogen and oxygen atoms in total. The van der Waals surface area contributed by atoms with Gasteiger partial charge in [0.25, 0.3) is 0 Å². The van der Waals surface area contributed by atoms with Crippen LogP contribution in [0.2, 0.25) is 0 Å². The lowest BCUT2D eigenvalue weighted by Crippen LogP contribution is -2.04. The largest absolute Gasteiger partial charge is 0.497 e. The van der Waals surface area contributed by atoms with Gasteiger partial charge in [-0.3, -0.25) is 9.78 Å². The van der Waals surface area contributed by atoms with Gasteiger partial charge in [-0.15, -0.1) is 0 Å². The third kappa shape index (κ3) is 3.35. The van der Waals surface area contributed by atoms with Crippen molar-refractivity contribution in [3.63, 3.8) is 0 Å². The van der Waals surface area contributed by atoms with Crippen molar-refractivity contribution in [3.05, 3.63) is 53.9 Å². The first-order chi connectivity index (χ1) is 9.74. The van der Waals surface area contributed by atoms with Gasteiger partial charge >= 0.3 is 0 Å². The van der Waals surface area contributed by atoms with Crippen LogP contribution in [0.5, 0.6) is 11.5 Å². The topological polar surface area (TPSA) is 48.4 Å². The van der Waals surface area contributed by atoms with Gasteiger partial charge in [0.15, 0.2) is 5.78 Å². The number of nitrogens with zero attached hydrogens (tertiary/aromatic N) is 1. The fraction of sp³-hybridized carbons (Fsp3) is 0.250. The predicted molar refractivity (Wildman–Crippen MR) is 76.4 cm³/mol. The summed E-state index contributed by atoms with van der Waals surface area (Å²) >= 11 is 0. The highest BCUT2D eigenvalue weighted by molar-refractivity contribution is 5.94. The van der Waals surface area contributed by atoms with Crippen LogP contribution in [-0.2, 0) is 6.42 Å². The van der Waals surface area contributed by atoms with Crippen molar-refractivity contribution in [2.45, 2.75) is 12.8 Å². The number of Topliss-reactive ketones (excluding diaryl/α,β-unsaturated/α-hetero) is 1. The Hall–Kier alpha value is -2.36. The molecule has 0 saturated carbocycles. The molecule has 0 fully saturated rings. The number of carbonyl (C=O) groups is 1. The Balaban J connectivity index is 2.08. The molecule has 0 N–H and O–H groups in total. The molecule has 20 heavy (non-hydrogen) atoms. The van der Waals surface area contributed by atoms with Gasteiger partial charge < -0.3 is 9.47 Å². The van der Waals surface area contributed by atoms with Gasteiger partial charge in [-0.2, -0.15) is 0 Å². The molecule has 0 aliphatic rings. The van der Waals surface area contributed by atoms with Crippen molar-refractivity contribution in [3.8, 4) is 11.5 Å². The number of ether oxygens (including phenoxy) is 2. The second-order valence-corrected chi connectivity index (χ2v) is 4.32. The van der Waals surface area contributed by atoms with Crippen LogP contribution in [0.4, 0.5) is 0 Å². The van der Waals surface area contributed by atoms with E-state index in [9.17, 15) is 4.79 Å². The first kappa shape index (κ1) is 14.1. The third-order valence-corrected chi connectivity index (χ3v) is 3.06. The van der Waals surface area contributed by atoms with E-state index in [-0.39, 0.29) is 5.78 Å². The van der Waals surface area contributed by atoms with E-state index in [1.54, 1.807) is 32.5 Å². The van der Waals surface area contributed by atoms with Crippen LogP contribution < -0.4 is 9.47 Å². The molecule has 2 aromatic rings. The van der Waals surface area contributed by atoms with Gasteiger partial charge in [-0.1, -0.05) is 6.07 Å². The number of carbonyl (C=O) groups excluding carboxylic acids is 1. The van der Waals surface area contributed by atoms with Crippen molar-refractivity contribution < 1.29 is 14.3 Å². The van der Waals surface area contributed by atoms with Crippen LogP contribution in [0.3, 0.4) is 0 Å². The van der Waals surface area contributed by atoms with E-state index in [4.69, 9.17) is 9.47 Å². The van der Waals surface area contributed by atoms with Gasteiger partial charge in [0.2, 0.25) is 0 Å². The minimum Gasteiger partial charge on any atom is -0.497 e. The normalized spacial score (nSPS) is 10.1. The molecule has 0 atom stereocenters. The van der Waals surface area contributed by atoms with Crippen LogP contribution in [0, 0.1) is 0 Å². The van der Waals surface area contributed by atoms with E-state index in [1.165, 1.54) is 0 Å². The van der Waals surface area contributed by atoms with E-state index in [0.29, 0.717) is 18.5 Å². The second kappa shape index (κ2) is 6.70. The predicted octanol–water partition coefficient (Wildman–Crippen LogP) is 2.91. The Kier molecular flexibility index (Phi) is 4.71. The average molecular weight is 271 g/mol. The number of ketones is 1. The molecule has 0 aliphatic carbocycles. The fourth-order valence-electron chi connectivity index (χ4n) is 1.98. The zero-order valence-electron chi connectivity index (χ0n) is 11.6. The Morgan fingerprint density at radius 1 is 1.15 bits per heavy atom. The van der Waals surface area contributed by atoms with Crippen molar-refractivity contribution in [1.29, 1.82) is 0 Å². The van der Waals surface area contributed by atoms with Gasteiger partial charge in [-0.25, -0.2) is 0 Å². The number of pyridine rings is 1. The molecule has 104 valence electrons. The second-order valence-electron chi connectivity index (χ2n) is 4.32. The highest BCUT2D eigenvalue weighted by atomic mass is 16.5. The number of aromatic nitrogens is 1. The lowest BCUT2D eigenvalue weighted by Gasteiger charge is -2.10. The minimum absolute atomic E-state index is 0.0236. The summed E-state index contributed by atoms with van der Waals surface area (Å²) in [6.45, 7) is 0. The number of methoxy groups -OCH3 is 2. The molecule has 0 bridgehead atoms. The SMILES string of the molecule is COc1ccc(OC)c(CCC(=O)c2ccccn2)c1. The number of rotatable bonds is 6. The molecule has 0 saturated heterocycles. The number of benzene rings is 1. The van der Waals surface area contributed by atoms with Gasteiger partial charge in [0.05, 0.1) is 14.2 Å². The van der Waals surface area contributed by atoms with Crippen LogP contribution in [-0.4, -0.2) is 25.0 Å². The van der Waals surface area contributed by atoms with Crippen LogP contribution in [0.1, 0.15) is 22.5 Å². The summed E-state index contributed by atoms with van der Waals surface area (Å²) in [4.78, 5) is 16.1. The Morgan fingerprint density at radius 3 is 2.65 bits per heavy atom. The maximum absolute atomic E-state index is 12.0. The zero-order chi connectivity index (χ0) is 14.4. The summed E-state index contributed by atoms with van der Waals surface area (Å²) in [7, 11) is 3.23. The Labute approximate surface area is 118 Å². The average Bonchev–Trinajstić information content (AvgIpc) is 2.53. The highest BCUT2D eigenvalue weighted by Crippen LogP contribution is 2.25. The van der Waals surface area contributed by atoms with Crippen LogP contribution in [0.25, 0.3) is 0 Å². The number of aryl methyl sites for hydroxylation is 1. The smallest absolute Gasteiger partial charge is 0.181 e. The maximum Gasteiger partial charge on any atom is 0.181 e. The van der Waals surface area contributed by atoms with E-state index in [0.717, 1.165) is 17.1 Å². The third-order valence-electron chi connectivity index (χ3n) is 3.06. The monoisotopic (exact) mass is 271 g/mol. The van der Waals surface area contributed by atoms with E-state index >= 15 is 0 Å². The summed E-state index contributed by atoms with van der Waals surface area (Å²) < 4.78 is 10.5. The van der Waals surface area contributed by atoms with E-state index < -0.39 is 0 Å². The molecule has 1 aromatic carbocycles. The molecule has 2 rings (SSSR count). The molecular formula is C16H17NO3. The van der Waals surface area contributed by atoms with Crippen molar-refractivity contribution >= 4 is 5.78 Å². The zero-order valence-corrected chi connectivity index (χ0v) is 11.6. The molecule has 0 radical (unpaired) electrons. The van der Waals surface area contributed by atoms with Crippen LogP contribution >= 0.6 is 0 Å². The van der Waals surface area contributed by atoms with Crippen molar-refractivity contribution in [1.82, 2.24) is 4.98 Å². The molecule has 4 heteroatoms. The summed E-state index contributed by atoms with van der Waals surface area (Å²) in [5.41, 5.74) is 1.45. The summed E-state index contributed by atoms with van der Waals surface area (Å²) in [6.07, 6.45) is 2.61. The van der Waals surface area contributed by atoms with Crippen LogP contribution in [0.15, 0.2) is 42.6 Å². The summed E-state index contributed by atoms with van der Waals surface area (Å²) in [6, 6.07) is 10.9. The molecule has 0 aliphatic heterocycles. The van der Waals surface area contributed by atoms with E-state index in [1.807, 2.05) is 24.3 Å². The maximum atomic E-state index is 12.0. The quantitative estimate of drug-likeness (QED) is 0.758. The van der Waals surface area contributed by atoms with Gasteiger partial charge in [-0.05, 0) is 42.3 Å². The Bertz CT molecular complexity index is 582. The molecular weight excluding hydrogens is 254 g/mol. The fourth-order valence-corrected chi connectivity index (χ4v) is 1.98. The molecule has 0 unspecified atom stereocenters. The molecule has 1 aromatic heterocycles. The molecule has 1 heterocycles. The summed E-state index contributed by atoms with van der Waals surface area (Å²) in [5, 5.41) is 0. The number of hydrogen-bond donors (Lipinski definition) is 0. The molecule has 0 spiro atoms. The van der Waals surface area contributed by atoms with Crippen molar-refractivity contribution in [2.24, 2.45) is 0 Å². The van der Waals surface area contributed by atoms with Gasteiger partial charge in [0, 0.05) is 12.6 Å². The number of hydrogen-bond acceptors (Lipinski definition) is 4. The first-order valence-electron chi connectivity index (χ1n) is 6.39. The molecule has 0 amide bonds. The highest BCUT2D eigenvalue weighted by Gasteiger charge is 2.10. The van der Waals surface area contributed by atoms with Gasteiger partial charge in [0.1, 0.15) is 17.2 Å². The Morgan fingerprint density at radius 2 is 2.00 bits per heavy atom. The lowest BCUT2D eigenvalue weighted by molar-refractivity contribution is 0.0978. The minimum atomic E-state index is 0.0236. The standard InChI is InChI=1S/C16H17NO3/c1-19-13-7-9-16(20-2)12(11-13)6-8-15(18)14-5-3-4-10-17-14/h3-5,7,9-11H,6,8H2,1-2H3. The summed E-state index contributed by atoms with van der Waals surface area (Å²) in [5.74, 6) is 1.54.